The molecule has 1 aromatic rings. The van der Waals surface area contributed by atoms with Crippen molar-refractivity contribution >= 4 is 5.69 Å². The third-order valence-electron chi connectivity index (χ3n) is 4.02. The first-order valence-corrected chi connectivity index (χ1v) is 6.95. The van der Waals surface area contributed by atoms with Gasteiger partial charge in [0, 0.05) is 11.7 Å². The number of nitrogens with zero attached hydrogens (tertiary/aromatic N) is 1. The van der Waals surface area contributed by atoms with Gasteiger partial charge in [0.2, 0.25) is 0 Å². The van der Waals surface area contributed by atoms with Crippen LogP contribution < -0.4 is 5.32 Å². The van der Waals surface area contributed by atoms with Crippen LogP contribution in [0.4, 0.5) is 5.69 Å². The lowest BCUT2D eigenvalue weighted by atomic mass is 9.79. The zero-order chi connectivity index (χ0) is 13.0. The molecule has 0 aliphatic heterocycles. The van der Waals surface area contributed by atoms with Gasteiger partial charge in [-0.3, -0.25) is 0 Å². The fraction of sp³-hybridized carbons (Fsp3) is 0.562. The van der Waals surface area contributed by atoms with Gasteiger partial charge in [0.05, 0.1) is 11.6 Å². The average Bonchev–Trinajstić information content (AvgIpc) is 2.39. The minimum atomic E-state index is 0.570. The molecule has 1 aliphatic carbocycles. The molecule has 0 spiro atoms. The molecular weight excluding hydrogens is 220 g/mol. The minimum absolute atomic E-state index is 0.570. The van der Waals surface area contributed by atoms with Crippen LogP contribution in [0.3, 0.4) is 0 Å². The largest absolute Gasteiger partial charge is 0.382 e. The van der Waals surface area contributed by atoms with Crippen molar-refractivity contribution in [3.63, 3.8) is 0 Å². The lowest BCUT2D eigenvalue weighted by Gasteiger charge is -2.32. The van der Waals surface area contributed by atoms with Gasteiger partial charge in [-0.25, -0.2) is 0 Å². The maximum atomic E-state index is 8.90. The van der Waals surface area contributed by atoms with Gasteiger partial charge in [-0.15, -0.1) is 0 Å². The molecule has 2 rings (SSSR count). The number of nitrogens with one attached hydrogen (secondary N) is 1. The van der Waals surface area contributed by atoms with Crippen molar-refractivity contribution < 1.29 is 0 Å². The second-order valence-electron chi connectivity index (χ2n) is 5.70. The Labute approximate surface area is 110 Å². The molecule has 18 heavy (non-hydrogen) atoms. The topological polar surface area (TPSA) is 35.8 Å². The third kappa shape index (κ3) is 3.26. The second kappa shape index (κ2) is 5.91. The summed E-state index contributed by atoms with van der Waals surface area (Å²) in [5.41, 5.74) is 1.82. The molecule has 2 unspecified atom stereocenters. The summed E-state index contributed by atoms with van der Waals surface area (Å²) < 4.78 is 0. The molecule has 0 bridgehead atoms. The molecule has 1 saturated carbocycles. The highest BCUT2D eigenvalue weighted by atomic mass is 14.9. The van der Waals surface area contributed by atoms with Crippen molar-refractivity contribution in [1.82, 2.24) is 0 Å². The van der Waals surface area contributed by atoms with Crippen molar-refractivity contribution in [1.29, 1.82) is 5.26 Å². The molecule has 0 amide bonds. The van der Waals surface area contributed by atoms with Crippen LogP contribution in [-0.4, -0.2) is 6.04 Å². The number of nitriles is 1. The molecule has 96 valence electrons. The van der Waals surface area contributed by atoms with Crippen LogP contribution in [0.25, 0.3) is 0 Å². The Morgan fingerprint density at radius 3 is 2.89 bits per heavy atom. The maximum absolute atomic E-state index is 8.90. The first-order valence-electron chi connectivity index (χ1n) is 6.95. The van der Waals surface area contributed by atoms with Gasteiger partial charge in [0.25, 0.3) is 0 Å². The normalized spacial score (nSPS) is 23.7. The van der Waals surface area contributed by atoms with Gasteiger partial charge in [0.15, 0.2) is 0 Å². The number of benzene rings is 1. The van der Waals surface area contributed by atoms with Crippen LogP contribution in [0.15, 0.2) is 24.3 Å². The van der Waals surface area contributed by atoms with E-state index in [1.54, 1.807) is 0 Å². The zero-order valence-corrected chi connectivity index (χ0v) is 11.3. The van der Waals surface area contributed by atoms with Crippen LogP contribution in [-0.2, 0) is 0 Å². The first kappa shape index (κ1) is 13.0. The number of hydrogen-bond acceptors (Lipinski definition) is 2. The van der Waals surface area contributed by atoms with E-state index >= 15 is 0 Å². The van der Waals surface area contributed by atoms with E-state index in [2.05, 4.69) is 31.3 Å². The van der Waals surface area contributed by atoms with E-state index in [1.807, 2.05) is 18.2 Å². The summed E-state index contributed by atoms with van der Waals surface area (Å²) >= 11 is 0. The molecule has 1 aromatic carbocycles. The molecule has 1 N–H and O–H groups in total. The fourth-order valence-electron chi connectivity index (χ4n) is 2.88. The van der Waals surface area contributed by atoms with Crippen molar-refractivity contribution in [2.45, 2.75) is 45.6 Å². The highest BCUT2D eigenvalue weighted by Gasteiger charge is 2.23. The number of rotatable bonds is 3. The van der Waals surface area contributed by atoms with Crippen LogP contribution in [0.5, 0.6) is 0 Å². The highest BCUT2D eigenvalue weighted by molar-refractivity contribution is 5.49. The SMILES string of the molecule is CC(C)C1CCCC(Nc2cccc(C#N)c2)C1. The van der Waals surface area contributed by atoms with Gasteiger partial charge in [-0.2, -0.15) is 5.26 Å². The fourth-order valence-corrected chi connectivity index (χ4v) is 2.88. The molecule has 0 radical (unpaired) electrons. The Hall–Kier alpha value is -1.49. The Bertz CT molecular complexity index is 431. The van der Waals surface area contributed by atoms with Crippen molar-refractivity contribution in [2.75, 3.05) is 5.32 Å². The average molecular weight is 242 g/mol. The quantitative estimate of drug-likeness (QED) is 0.862. The van der Waals surface area contributed by atoms with Crippen LogP contribution in [0.1, 0.15) is 45.1 Å². The molecule has 0 aromatic heterocycles. The third-order valence-corrected chi connectivity index (χ3v) is 4.02. The standard InChI is InChI=1S/C16H22N2/c1-12(2)14-6-4-8-16(10-14)18-15-7-3-5-13(9-15)11-17/h3,5,7,9,12,14,16,18H,4,6,8,10H2,1-2H3. The summed E-state index contributed by atoms with van der Waals surface area (Å²) in [5.74, 6) is 1.62. The maximum Gasteiger partial charge on any atom is 0.0992 e. The Balaban J connectivity index is 1.98. The lowest BCUT2D eigenvalue weighted by Crippen LogP contribution is -2.29. The molecule has 1 aliphatic rings. The molecule has 0 saturated heterocycles. The summed E-state index contributed by atoms with van der Waals surface area (Å²) in [4.78, 5) is 0. The van der Waals surface area contributed by atoms with Crippen LogP contribution >= 0.6 is 0 Å². The molecule has 2 atom stereocenters. The van der Waals surface area contributed by atoms with E-state index in [0.717, 1.165) is 23.1 Å². The van der Waals surface area contributed by atoms with E-state index in [0.29, 0.717) is 6.04 Å². The van der Waals surface area contributed by atoms with Gasteiger partial charge in [-0.1, -0.05) is 32.8 Å². The summed E-state index contributed by atoms with van der Waals surface area (Å²) in [6.07, 6.45) is 5.20. The molecule has 2 heteroatoms. The summed E-state index contributed by atoms with van der Waals surface area (Å²) in [6, 6.07) is 10.6. The van der Waals surface area contributed by atoms with E-state index in [4.69, 9.17) is 5.26 Å². The minimum Gasteiger partial charge on any atom is -0.382 e. The van der Waals surface area contributed by atoms with Crippen LogP contribution in [0.2, 0.25) is 0 Å². The zero-order valence-electron chi connectivity index (χ0n) is 11.3. The Morgan fingerprint density at radius 2 is 2.17 bits per heavy atom. The molecular formula is C16H22N2. The second-order valence-corrected chi connectivity index (χ2v) is 5.70. The van der Waals surface area contributed by atoms with E-state index in [9.17, 15) is 0 Å². The molecule has 1 fully saturated rings. The van der Waals surface area contributed by atoms with Crippen molar-refractivity contribution in [2.24, 2.45) is 11.8 Å². The number of anilines is 1. The van der Waals surface area contributed by atoms with Crippen LogP contribution in [0, 0.1) is 23.2 Å². The van der Waals surface area contributed by atoms with E-state index in [-0.39, 0.29) is 0 Å². The Kier molecular flexibility index (Phi) is 4.25. The van der Waals surface area contributed by atoms with Gasteiger partial charge < -0.3 is 5.32 Å². The van der Waals surface area contributed by atoms with Crippen molar-refractivity contribution in [3.05, 3.63) is 29.8 Å². The molecule has 2 nitrogen and oxygen atoms in total. The smallest absolute Gasteiger partial charge is 0.0992 e. The summed E-state index contributed by atoms with van der Waals surface area (Å²) in [7, 11) is 0. The van der Waals surface area contributed by atoms with E-state index < -0.39 is 0 Å². The predicted molar refractivity (Wildman–Crippen MR) is 75.4 cm³/mol. The lowest BCUT2D eigenvalue weighted by molar-refractivity contribution is 0.264. The first-order chi connectivity index (χ1) is 8.69. The predicted octanol–water partition coefficient (Wildman–Crippen LogP) is 4.18. The van der Waals surface area contributed by atoms with Crippen molar-refractivity contribution in [3.8, 4) is 6.07 Å². The monoisotopic (exact) mass is 242 g/mol. The van der Waals surface area contributed by atoms with Gasteiger partial charge in [0.1, 0.15) is 0 Å². The summed E-state index contributed by atoms with van der Waals surface area (Å²) in [6.45, 7) is 4.65. The Morgan fingerprint density at radius 1 is 1.33 bits per heavy atom. The summed E-state index contributed by atoms with van der Waals surface area (Å²) in [5, 5.41) is 12.5. The molecule has 0 heterocycles. The van der Waals surface area contributed by atoms with Gasteiger partial charge >= 0.3 is 0 Å². The van der Waals surface area contributed by atoms with E-state index in [1.165, 1.54) is 25.7 Å². The number of hydrogen-bond donors (Lipinski definition) is 1. The van der Waals surface area contributed by atoms with Gasteiger partial charge in [-0.05, 0) is 42.9 Å². The highest BCUT2D eigenvalue weighted by Crippen LogP contribution is 2.31.